The zero-order valence-corrected chi connectivity index (χ0v) is 19.1. The van der Waals surface area contributed by atoms with Gasteiger partial charge in [0.15, 0.2) is 12.3 Å². The molecule has 0 fully saturated rings. The van der Waals surface area contributed by atoms with E-state index in [1.165, 1.54) is 27.9 Å². The van der Waals surface area contributed by atoms with Crippen LogP contribution in [0.3, 0.4) is 0 Å². The van der Waals surface area contributed by atoms with Crippen LogP contribution in [-0.4, -0.2) is 48.3 Å². The second-order valence-electron chi connectivity index (χ2n) is 7.53. The molecule has 0 saturated carbocycles. The summed E-state index contributed by atoms with van der Waals surface area (Å²) in [6.45, 7) is 1.80. The fraction of sp³-hybridized carbons (Fsp3) is 0.524. The Kier molecular flexibility index (Phi) is 7.86. The lowest BCUT2D eigenvalue weighted by molar-refractivity contribution is -0.121. The number of aromatic nitrogens is 2. The Morgan fingerprint density at radius 3 is 2.78 bits per heavy atom. The van der Waals surface area contributed by atoms with Crippen LogP contribution >= 0.6 is 11.3 Å². The number of carbonyl (C=O) groups is 2. The lowest BCUT2D eigenvalue weighted by Crippen LogP contribution is -2.44. The van der Waals surface area contributed by atoms with Crippen LogP contribution in [0, 0.1) is 0 Å². The van der Waals surface area contributed by atoms with Crippen molar-refractivity contribution < 1.29 is 19.1 Å². The number of hydrogen-bond acceptors (Lipinski definition) is 8. The number of amides is 1. The summed E-state index contributed by atoms with van der Waals surface area (Å²) in [6.07, 6.45) is 4.46. The number of rotatable bonds is 10. The van der Waals surface area contributed by atoms with Gasteiger partial charge in [0.2, 0.25) is 0 Å². The van der Waals surface area contributed by atoms with Crippen LogP contribution in [0.15, 0.2) is 15.7 Å². The molecule has 0 aromatic carbocycles. The predicted octanol–water partition coefficient (Wildman–Crippen LogP) is 1.31. The number of aromatic amines is 1. The largest absolute Gasteiger partial charge is 0.451 e. The molecule has 1 amide bonds. The summed E-state index contributed by atoms with van der Waals surface area (Å²) < 4.78 is 11.5. The summed E-state index contributed by atoms with van der Waals surface area (Å²) >= 11 is 1.38. The van der Waals surface area contributed by atoms with Crippen molar-refractivity contribution in [1.82, 2.24) is 9.55 Å². The Hall–Kier alpha value is -2.92. The van der Waals surface area contributed by atoms with Gasteiger partial charge in [0, 0.05) is 25.1 Å². The molecule has 3 N–H and O–H groups in total. The van der Waals surface area contributed by atoms with Gasteiger partial charge in [-0.25, -0.2) is 9.59 Å². The minimum atomic E-state index is -0.786. The summed E-state index contributed by atoms with van der Waals surface area (Å²) in [4.78, 5) is 55.1. The van der Waals surface area contributed by atoms with E-state index in [2.05, 4.69) is 4.98 Å². The summed E-state index contributed by atoms with van der Waals surface area (Å²) in [5, 5.41) is 0. The zero-order valence-electron chi connectivity index (χ0n) is 18.3. The molecule has 0 bridgehead atoms. The maximum atomic E-state index is 12.9. The third-order valence-corrected chi connectivity index (χ3v) is 6.53. The average Bonchev–Trinajstić information content (AvgIpc) is 3.36. The number of nitrogens with one attached hydrogen (secondary N) is 1. The molecule has 1 aliphatic rings. The van der Waals surface area contributed by atoms with E-state index >= 15 is 0 Å². The highest BCUT2D eigenvalue weighted by molar-refractivity contribution is 7.14. The van der Waals surface area contributed by atoms with E-state index in [1.807, 2.05) is 13.0 Å². The molecule has 2 aromatic heterocycles. The van der Waals surface area contributed by atoms with Crippen LogP contribution in [0.1, 0.15) is 46.3 Å². The standard InChI is InChI=1S/C21H28N4O6S/c1-3-4-8-25-18(22)17(19(27)23-21(25)29)24(9-10-30-2)16(26)12-31-20(28)15-11-13-6-5-7-14(13)32-15/h11H,3-10,12,22H2,1-2H3,(H,23,27,29). The third kappa shape index (κ3) is 5.10. The molecule has 0 radical (unpaired) electrons. The van der Waals surface area contributed by atoms with Crippen molar-refractivity contribution in [2.24, 2.45) is 0 Å². The highest BCUT2D eigenvalue weighted by atomic mass is 32.1. The molecule has 174 valence electrons. The number of anilines is 2. The molecule has 3 rings (SSSR count). The van der Waals surface area contributed by atoms with E-state index in [1.54, 1.807) is 0 Å². The molecule has 2 aromatic rings. The fourth-order valence-corrected chi connectivity index (χ4v) is 4.77. The van der Waals surface area contributed by atoms with Gasteiger partial charge < -0.3 is 15.2 Å². The molecule has 0 spiro atoms. The van der Waals surface area contributed by atoms with Crippen molar-refractivity contribution in [3.63, 3.8) is 0 Å². The van der Waals surface area contributed by atoms with Gasteiger partial charge in [-0.15, -0.1) is 11.3 Å². The first-order valence-electron chi connectivity index (χ1n) is 10.6. The summed E-state index contributed by atoms with van der Waals surface area (Å²) in [6, 6.07) is 1.81. The van der Waals surface area contributed by atoms with E-state index < -0.39 is 29.7 Å². The quantitative estimate of drug-likeness (QED) is 0.506. The molecule has 10 nitrogen and oxygen atoms in total. The van der Waals surface area contributed by atoms with Crippen LogP contribution in [0.5, 0.6) is 0 Å². The monoisotopic (exact) mass is 464 g/mol. The van der Waals surface area contributed by atoms with Gasteiger partial charge in [0.05, 0.1) is 6.61 Å². The summed E-state index contributed by atoms with van der Waals surface area (Å²) in [5.74, 6) is -1.34. The molecular weight excluding hydrogens is 436 g/mol. The normalized spacial score (nSPS) is 12.6. The number of unbranched alkanes of at least 4 members (excludes halogenated alkanes) is 1. The van der Waals surface area contributed by atoms with Crippen molar-refractivity contribution >= 4 is 34.7 Å². The van der Waals surface area contributed by atoms with Gasteiger partial charge >= 0.3 is 11.7 Å². The van der Waals surface area contributed by atoms with Gasteiger partial charge in [-0.3, -0.25) is 24.0 Å². The summed E-state index contributed by atoms with van der Waals surface area (Å²) in [7, 11) is 1.45. The topological polar surface area (TPSA) is 137 Å². The zero-order chi connectivity index (χ0) is 23.3. The van der Waals surface area contributed by atoms with Gasteiger partial charge in [0.1, 0.15) is 10.7 Å². The molecule has 0 saturated heterocycles. The number of nitrogens with two attached hydrogens (primary N) is 1. The molecule has 0 atom stereocenters. The molecule has 0 aliphatic heterocycles. The number of nitrogens with zero attached hydrogens (tertiary/aromatic N) is 2. The minimum absolute atomic E-state index is 0.000552. The van der Waals surface area contributed by atoms with Crippen LogP contribution < -0.4 is 21.9 Å². The number of methoxy groups -OCH3 is 1. The third-order valence-electron chi connectivity index (χ3n) is 5.31. The number of nitrogen functional groups attached to an aromatic ring is 1. The van der Waals surface area contributed by atoms with Crippen LogP contribution in [0.2, 0.25) is 0 Å². The first kappa shape index (κ1) is 23.7. The second-order valence-corrected chi connectivity index (χ2v) is 8.66. The number of thiophene rings is 1. The molecule has 32 heavy (non-hydrogen) atoms. The number of ether oxygens (including phenoxy) is 2. The van der Waals surface area contributed by atoms with Gasteiger partial charge in [0.25, 0.3) is 11.5 Å². The number of aryl methyl sites for hydroxylation is 2. The van der Waals surface area contributed by atoms with Gasteiger partial charge in [-0.1, -0.05) is 13.3 Å². The first-order chi connectivity index (χ1) is 15.4. The van der Waals surface area contributed by atoms with E-state index in [0.717, 1.165) is 36.1 Å². The molecule has 11 heteroatoms. The van der Waals surface area contributed by atoms with Crippen LogP contribution in [-0.2, 0) is 33.7 Å². The Morgan fingerprint density at radius 2 is 2.09 bits per heavy atom. The number of hydrogen-bond donors (Lipinski definition) is 2. The van der Waals surface area contributed by atoms with Crippen molar-refractivity contribution in [1.29, 1.82) is 0 Å². The Morgan fingerprint density at radius 1 is 1.31 bits per heavy atom. The molecular formula is C21H28N4O6S. The van der Waals surface area contributed by atoms with Crippen LogP contribution in [0.4, 0.5) is 11.5 Å². The Labute approximate surface area is 188 Å². The summed E-state index contributed by atoms with van der Waals surface area (Å²) in [5.41, 5.74) is 5.70. The highest BCUT2D eigenvalue weighted by Crippen LogP contribution is 2.31. The van der Waals surface area contributed by atoms with Crippen molar-refractivity contribution in [2.75, 3.05) is 37.5 Å². The maximum absolute atomic E-state index is 12.9. The Balaban J connectivity index is 1.81. The Bertz CT molecular complexity index is 1080. The van der Waals surface area contributed by atoms with E-state index in [0.29, 0.717) is 17.8 Å². The average molecular weight is 465 g/mol. The first-order valence-corrected chi connectivity index (χ1v) is 11.4. The smallest absolute Gasteiger partial charge is 0.348 e. The van der Waals surface area contributed by atoms with E-state index in [9.17, 15) is 19.2 Å². The predicted molar refractivity (Wildman–Crippen MR) is 121 cm³/mol. The van der Waals surface area contributed by atoms with Gasteiger partial charge in [-0.05, 0) is 37.3 Å². The maximum Gasteiger partial charge on any atom is 0.348 e. The number of fused-ring (bicyclic) bond motifs is 1. The van der Waals surface area contributed by atoms with Crippen LogP contribution in [0.25, 0.3) is 0 Å². The van der Waals surface area contributed by atoms with Crippen molar-refractivity contribution in [2.45, 2.75) is 45.6 Å². The lowest BCUT2D eigenvalue weighted by Gasteiger charge is -2.24. The number of esters is 1. The van der Waals surface area contributed by atoms with Crippen molar-refractivity contribution in [3.05, 3.63) is 42.2 Å². The number of H-pyrrole nitrogens is 1. The molecule has 1 aliphatic carbocycles. The highest BCUT2D eigenvalue weighted by Gasteiger charge is 2.26. The minimum Gasteiger partial charge on any atom is -0.451 e. The molecule has 0 unspecified atom stereocenters. The van der Waals surface area contributed by atoms with E-state index in [-0.39, 0.29) is 24.7 Å². The number of carbonyl (C=O) groups excluding carboxylic acids is 2. The second kappa shape index (κ2) is 10.6. The fourth-order valence-electron chi connectivity index (χ4n) is 3.63. The van der Waals surface area contributed by atoms with Gasteiger partial charge in [-0.2, -0.15) is 0 Å². The SMILES string of the molecule is CCCCn1c(N)c(N(CCOC)C(=O)COC(=O)c2cc3c(s2)CCC3)c(=O)[nH]c1=O. The van der Waals surface area contributed by atoms with E-state index in [4.69, 9.17) is 15.2 Å². The lowest BCUT2D eigenvalue weighted by atomic mass is 10.2. The van der Waals surface area contributed by atoms with Crippen molar-refractivity contribution in [3.8, 4) is 0 Å². The molecule has 2 heterocycles.